The Labute approximate surface area is 185 Å². The van der Waals surface area contributed by atoms with Crippen LogP contribution in [0.4, 0.5) is 5.69 Å². The van der Waals surface area contributed by atoms with Gasteiger partial charge in [0.25, 0.3) is 5.91 Å². The van der Waals surface area contributed by atoms with Crippen molar-refractivity contribution in [1.82, 2.24) is 9.29 Å². The highest BCUT2D eigenvalue weighted by atomic mass is 35.5. The third-order valence-electron chi connectivity index (χ3n) is 4.85. The van der Waals surface area contributed by atoms with Crippen molar-refractivity contribution in [3.8, 4) is 11.6 Å². The van der Waals surface area contributed by atoms with E-state index in [1.807, 2.05) is 0 Å². The van der Waals surface area contributed by atoms with Gasteiger partial charge in [0.2, 0.25) is 15.9 Å². The molecule has 1 amide bonds. The molecule has 9 heteroatoms. The standard InChI is InChI=1S/C22H20ClN3O4S/c23-17-5-8-19(9-6-17)30-21-12-7-18(15-24-21)25-22(27)16-3-10-20(11-4-16)31(28,29)26-13-1-2-14-26/h3-12,15H,1-2,13-14H2,(H,25,27). The maximum atomic E-state index is 12.6. The zero-order chi connectivity index (χ0) is 21.8. The smallest absolute Gasteiger partial charge is 0.255 e. The lowest BCUT2D eigenvalue weighted by atomic mass is 10.2. The van der Waals surface area contributed by atoms with Crippen molar-refractivity contribution < 1.29 is 17.9 Å². The Bertz CT molecular complexity index is 1160. The lowest BCUT2D eigenvalue weighted by Gasteiger charge is -2.15. The number of benzene rings is 2. The third-order valence-corrected chi connectivity index (χ3v) is 7.01. The highest BCUT2D eigenvalue weighted by Gasteiger charge is 2.27. The quantitative estimate of drug-likeness (QED) is 0.586. The molecule has 2 heterocycles. The van der Waals surface area contributed by atoms with Gasteiger partial charge >= 0.3 is 0 Å². The maximum Gasteiger partial charge on any atom is 0.255 e. The van der Waals surface area contributed by atoms with Crippen LogP contribution in [0.5, 0.6) is 11.6 Å². The van der Waals surface area contributed by atoms with Gasteiger partial charge in [0, 0.05) is 29.7 Å². The van der Waals surface area contributed by atoms with E-state index in [0.29, 0.717) is 41.0 Å². The van der Waals surface area contributed by atoms with Crippen LogP contribution in [0.15, 0.2) is 71.8 Å². The summed E-state index contributed by atoms with van der Waals surface area (Å²) in [7, 11) is -3.50. The molecule has 0 saturated carbocycles. The number of carbonyl (C=O) groups excluding carboxylic acids is 1. The fraction of sp³-hybridized carbons (Fsp3) is 0.182. The molecule has 1 aliphatic heterocycles. The first-order valence-electron chi connectivity index (χ1n) is 9.73. The number of hydrogen-bond donors (Lipinski definition) is 1. The van der Waals surface area contributed by atoms with Gasteiger partial charge in [0.15, 0.2) is 0 Å². The van der Waals surface area contributed by atoms with Gasteiger partial charge in [-0.2, -0.15) is 4.31 Å². The van der Waals surface area contributed by atoms with Crippen LogP contribution in [-0.4, -0.2) is 36.7 Å². The number of carbonyl (C=O) groups is 1. The van der Waals surface area contributed by atoms with E-state index in [2.05, 4.69) is 10.3 Å². The second-order valence-corrected chi connectivity index (χ2v) is 9.41. The Hall–Kier alpha value is -2.94. The molecule has 160 valence electrons. The molecule has 1 fully saturated rings. The number of rotatable bonds is 6. The predicted octanol–water partition coefficient (Wildman–Crippen LogP) is 4.56. The first kappa shape index (κ1) is 21.3. The zero-order valence-corrected chi connectivity index (χ0v) is 18.1. The van der Waals surface area contributed by atoms with Crippen LogP contribution in [0.2, 0.25) is 5.02 Å². The Kier molecular flexibility index (Phi) is 6.22. The highest BCUT2D eigenvalue weighted by molar-refractivity contribution is 7.89. The van der Waals surface area contributed by atoms with E-state index in [4.69, 9.17) is 16.3 Å². The fourth-order valence-electron chi connectivity index (χ4n) is 3.20. The van der Waals surface area contributed by atoms with Crippen LogP contribution in [-0.2, 0) is 10.0 Å². The largest absolute Gasteiger partial charge is 0.439 e. The van der Waals surface area contributed by atoms with Crippen molar-refractivity contribution in [2.75, 3.05) is 18.4 Å². The van der Waals surface area contributed by atoms with Gasteiger partial charge in [0.1, 0.15) is 5.75 Å². The second kappa shape index (κ2) is 9.05. The van der Waals surface area contributed by atoms with Gasteiger partial charge in [-0.15, -0.1) is 0 Å². The normalized spacial score (nSPS) is 14.4. The number of halogens is 1. The fourth-order valence-corrected chi connectivity index (χ4v) is 4.84. The molecule has 0 aliphatic carbocycles. The predicted molar refractivity (Wildman–Crippen MR) is 118 cm³/mol. The summed E-state index contributed by atoms with van der Waals surface area (Å²) in [5, 5.41) is 3.35. The molecule has 0 unspecified atom stereocenters. The Morgan fingerprint density at radius 3 is 2.26 bits per heavy atom. The average molecular weight is 458 g/mol. The van der Waals surface area contributed by atoms with Crippen LogP contribution in [0.1, 0.15) is 23.2 Å². The molecule has 1 saturated heterocycles. The molecule has 3 aromatic rings. The molecule has 0 atom stereocenters. The van der Waals surface area contributed by atoms with E-state index >= 15 is 0 Å². The van der Waals surface area contributed by atoms with Crippen molar-refractivity contribution >= 4 is 33.2 Å². The lowest BCUT2D eigenvalue weighted by Crippen LogP contribution is -2.27. The summed E-state index contributed by atoms with van der Waals surface area (Å²) in [5.74, 6) is 0.604. The number of ether oxygens (including phenoxy) is 1. The van der Waals surface area contributed by atoms with Gasteiger partial charge in [-0.1, -0.05) is 11.6 Å². The van der Waals surface area contributed by atoms with Crippen LogP contribution in [0, 0.1) is 0 Å². The molecular formula is C22H20ClN3O4S. The zero-order valence-electron chi connectivity index (χ0n) is 16.5. The van der Waals surface area contributed by atoms with E-state index in [1.165, 1.54) is 34.8 Å². The number of anilines is 1. The molecule has 2 aromatic carbocycles. The SMILES string of the molecule is O=C(Nc1ccc(Oc2ccc(Cl)cc2)nc1)c1ccc(S(=O)(=O)N2CCCC2)cc1. The molecule has 1 aliphatic rings. The van der Waals surface area contributed by atoms with E-state index in [-0.39, 0.29) is 10.8 Å². The number of nitrogens with one attached hydrogen (secondary N) is 1. The summed E-state index contributed by atoms with van der Waals surface area (Å²) >= 11 is 5.85. The number of amides is 1. The molecule has 1 aromatic heterocycles. The molecule has 0 radical (unpaired) electrons. The van der Waals surface area contributed by atoms with E-state index in [1.54, 1.807) is 36.4 Å². The Morgan fingerprint density at radius 1 is 0.968 bits per heavy atom. The van der Waals surface area contributed by atoms with Gasteiger partial charge in [-0.05, 0) is 67.4 Å². The number of pyridine rings is 1. The molecule has 0 spiro atoms. The Balaban J connectivity index is 1.39. The molecular weight excluding hydrogens is 438 g/mol. The minimum atomic E-state index is -3.50. The van der Waals surface area contributed by atoms with Gasteiger partial charge in [0.05, 0.1) is 16.8 Å². The monoisotopic (exact) mass is 457 g/mol. The summed E-state index contributed by atoms with van der Waals surface area (Å²) in [4.78, 5) is 16.9. The summed E-state index contributed by atoms with van der Waals surface area (Å²) < 4.78 is 32.3. The third kappa shape index (κ3) is 5.04. The van der Waals surface area contributed by atoms with Crippen molar-refractivity contribution in [3.05, 3.63) is 77.4 Å². The van der Waals surface area contributed by atoms with Crippen molar-refractivity contribution in [2.45, 2.75) is 17.7 Å². The summed E-state index contributed by atoms with van der Waals surface area (Å²) in [6.45, 7) is 1.07. The summed E-state index contributed by atoms with van der Waals surface area (Å²) in [6, 6.07) is 16.1. The van der Waals surface area contributed by atoms with Gasteiger partial charge < -0.3 is 10.1 Å². The van der Waals surface area contributed by atoms with Crippen LogP contribution in [0.25, 0.3) is 0 Å². The topological polar surface area (TPSA) is 88.6 Å². The molecule has 1 N–H and O–H groups in total. The first-order chi connectivity index (χ1) is 14.9. The van der Waals surface area contributed by atoms with Crippen molar-refractivity contribution in [1.29, 1.82) is 0 Å². The minimum Gasteiger partial charge on any atom is -0.439 e. The highest BCUT2D eigenvalue weighted by Crippen LogP contribution is 2.23. The lowest BCUT2D eigenvalue weighted by molar-refractivity contribution is 0.102. The Morgan fingerprint density at radius 2 is 1.65 bits per heavy atom. The summed E-state index contributed by atoms with van der Waals surface area (Å²) in [6.07, 6.45) is 3.23. The van der Waals surface area contributed by atoms with Gasteiger partial charge in [-0.3, -0.25) is 4.79 Å². The molecule has 0 bridgehead atoms. The number of nitrogens with zero attached hydrogens (tertiary/aromatic N) is 2. The number of aromatic nitrogens is 1. The number of sulfonamides is 1. The van der Waals surface area contributed by atoms with E-state index in [0.717, 1.165) is 12.8 Å². The van der Waals surface area contributed by atoms with E-state index < -0.39 is 10.0 Å². The van der Waals surface area contributed by atoms with Crippen LogP contribution < -0.4 is 10.1 Å². The van der Waals surface area contributed by atoms with Crippen molar-refractivity contribution in [3.63, 3.8) is 0 Å². The molecule has 31 heavy (non-hydrogen) atoms. The first-order valence-corrected chi connectivity index (χ1v) is 11.5. The average Bonchev–Trinajstić information content (AvgIpc) is 3.33. The minimum absolute atomic E-state index is 0.191. The summed E-state index contributed by atoms with van der Waals surface area (Å²) in [5.41, 5.74) is 0.837. The van der Waals surface area contributed by atoms with Crippen molar-refractivity contribution in [2.24, 2.45) is 0 Å². The van der Waals surface area contributed by atoms with Crippen LogP contribution in [0.3, 0.4) is 0 Å². The van der Waals surface area contributed by atoms with E-state index in [9.17, 15) is 13.2 Å². The maximum absolute atomic E-state index is 12.6. The molecule has 7 nitrogen and oxygen atoms in total. The molecule has 4 rings (SSSR count). The second-order valence-electron chi connectivity index (χ2n) is 7.03. The van der Waals surface area contributed by atoms with Crippen LogP contribution >= 0.6 is 11.6 Å². The van der Waals surface area contributed by atoms with Gasteiger partial charge in [-0.25, -0.2) is 13.4 Å². The number of hydrogen-bond acceptors (Lipinski definition) is 5.